The highest BCUT2D eigenvalue weighted by molar-refractivity contribution is 6.06. The molecule has 11 heteroatoms. The lowest BCUT2D eigenvalue weighted by Gasteiger charge is -2.12. The number of imidazole rings is 1. The monoisotopic (exact) mass is 503 g/mol. The highest BCUT2D eigenvalue weighted by Crippen LogP contribution is 2.26. The minimum atomic E-state index is -5.08. The van der Waals surface area contributed by atoms with Gasteiger partial charge in [-0.1, -0.05) is 30.3 Å². The number of carboxylic acids is 1. The summed E-state index contributed by atoms with van der Waals surface area (Å²) in [6.07, 6.45) is -1.23. The van der Waals surface area contributed by atoms with Gasteiger partial charge in [0, 0.05) is 38.3 Å². The van der Waals surface area contributed by atoms with Crippen molar-refractivity contribution >= 4 is 39.4 Å². The number of carboxylic acid groups (broad SMARTS) is 1. The van der Waals surface area contributed by atoms with Gasteiger partial charge in [-0.2, -0.15) is 13.2 Å². The Kier molecular flexibility index (Phi) is 8.70. The largest absolute Gasteiger partial charge is 0.490 e. The molecule has 0 aliphatic rings. The number of fused-ring (bicyclic) bond motifs is 3. The van der Waals surface area contributed by atoms with E-state index in [1.807, 2.05) is 24.5 Å². The summed E-state index contributed by atoms with van der Waals surface area (Å²) >= 11 is 0. The third-order valence-electron chi connectivity index (χ3n) is 5.41. The molecule has 0 fully saturated rings. The molecule has 0 saturated heterocycles. The van der Waals surface area contributed by atoms with Crippen LogP contribution in [0.3, 0.4) is 0 Å². The third-order valence-corrected chi connectivity index (χ3v) is 5.41. The molecule has 8 nitrogen and oxygen atoms in total. The van der Waals surface area contributed by atoms with Crippen molar-refractivity contribution in [3.8, 4) is 0 Å². The maximum Gasteiger partial charge on any atom is 0.490 e. The van der Waals surface area contributed by atoms with Crippen molar-refractivity contribution < 1.29 is 27.8 Å². The zero-order valence-corrected chi connectivity index (χ0v) is 20.0. The summed E-state index contributed by atoms with van der Waals surface area (Å²) in [5.41, 5.74) is 11.3. The molecule has 2 aromatic carbocycles. The van der Waals surface area contributed by atoms with Gasteiger partial charge in [-0.3, -0.25) is 0 Å². The highest BCUT2D eigenvalue weighted by atomic mass is 19.4. The van der Waals surface area contributed by atoms with Crippen LogP contribution >= 0.6 is 0 Å². The van der Waals surface area contributed by atoms with E-state index in [9.17, 15) is 13.2 Å². The number of nitrogens with zero attached hydrogens (tertiary/aromatic N) is 4. The minimum Gasteiger partial charge on any atom is -0.475 e. The quantitative estimate of drug-likeness (QED) is 0.341. The summed E-state index contributed by atoms with van der Waals surface area (Å²) in [7, 11) is 4.11. The fraction of sp³-hybridized carbons (Fsp3) is 0.320. The lowest BCUT2D eigenvalue weighted by molar-refractivity contribution is -0.192. The second-order valence-corrected chi connectivity index (χ2v) is 8.23. The molecule has 2 aromatic heterocycles. The van der Waals surface area contributed by atoms with E-state index in [0.29, 0.717) is 12.4 Å². The maximum atomic E-state index is 10.6. The molecule has 4 aromatic rings. The Morgan fingerprint density at radius 2 is 1.78 bits per heavy atom. The number of aromatic nitrogens is 3. The Morgan fingerprint density at radius 1 is 1.11 bits per heavy atom. The van der Waals surface area contributed by atoms with Gasteiger partial charge in [-0.25, -0.2) is 14.8 Å². The zero-order valence-electron chi connectivity index (χ0n) is 20.0. The van der Waals surface area contributed by atoms with E-state index >= 15 is 0 Å². The first kappa shape index (κ1) is 26.7. The number of para-hydroxylation sites is 1. The van der Waals surface area contributed by atoms with Crippen molar-refractivity contribution in [2.75, 3.05) is 37.9 Å². The Bertz CT molecular complexity index is 1300. The van der Waals surface area contributed by atoms with Crippen LogP contribution in [0.4, 0.5) is 24.7 Å². The molecule has 0 saturated carbocycles. The number of benzene rings is 2. The van der Waals surface area contributed by atoms with E-state index in [1.165, 1.54) is 11.3 Å². The number of carbonyl (C=O) groups is 1. The first-order valence-corrected chi connectivity index (χ1v) is 11.2. The van der Waals surface area contributed by atoms with Crippen molar-refractivity contribution in [2.24, 2.45) is 0 Å². The van der Waals surface area contributed by atoms with Gasteiger partial charge in [0.25, 0.3) is 0 Å². The molecule has 0 atom stereocenters. The van der Waals surface area contributed by atoms with Gasteiger partial charge < -0.3 is 25.0 Å². The van der Waals surface area contributed by atoms with Crippen molar-refractivity contribution in [2.45, 2.75) is 25.6 Å². The Balaban J connectivity index is 0.000000454. The van der Waals surface area contributed by atoms with Crippen LogP contribution in [-0.2, 0) is 22.5 Å². The molecule has 0 aliphatic carbocycles. The van der Waals surface area contributed by atoms with Gasteiger partial charge in [0.05, 0.1) is 24.0 Å². The van der Waals surface area contributed by atoms with Crippen molar-refractivity contribution in [1.29, 1.82) is 0 Å². The highest BCUT2D eigenvalue weighted by Gasteiger charge is 2.38. The van der Waals surface area contributed by atoms with E-state index in [4.69, 9.17) is 20.4 Å². The van der Waals surface area contributed by atoms with Crippen LogP contribution in [0, 0.1) is 0 Å². The fourth-order valence-electron chi connectivity index (χ4n) is 3.58. The van der Waals surface area contributed by atoms with E-state index in [0.717, 1.165) is 47.9 Å². The van der Waals surface area contributed by atoms with Crippen molar-refractivity contribution in [3.05, 3.63) is 60.4 Å². The van der Waals surface area contributed by atoms with Gasteiger partial charge in [-0.05, 0) is 36.6 Å². The molecule has 36 heavy (non-hydrogen) atoms. The number of ether oxygens (including phenoxy) is 1. The summed E-state index contributed by atoms with van der Waals surface area (Å²) in [6.45, 7) is 2.12. The Morgan fingerprint density at radius 3 is 2.42 bits per heavy atom. The first-order valence-electron chi connectivity index (χ1n) is 11.2. The molecule has 3 N–H and O–H groups in total. The van der Waals surface area contributed by atoms with Crippen molar-refractivity contribution in [1.82, 2.24) is 14.5 Å². The van der Waals surface area contributed by atoms with Gasteiger partial charge in [-0.15, -0.1) is 0 Å². The fourth-order valence-corrected chi connectivity index (χ4v) is 3.58. The minimum absolute atomic E-state index is 0.471. The van der Waals surface area contributed by atoms with Gasteiger partial charge in [0.1, 0.15) is 5.52 Å². The maximum absolute atomic E-state index is 10.6. The lowest BCUT2D eigenvalue weighted by atomic mass is 10.1. The van der Waals surface area contributed by atoms with Crippen LogP contribution in [0.15, 0.2) is 54.9 Å². The number of rotatable bonds is 8. The Labute approximate surface area is 206 Å². The third kappa shape index (κ3) is 6.85. The number of nitrogen functional groups attached to an aromatic ring is 1. The average Bonchev–Trinajstić information content (AvgIpc) is 3.26. The van der Waals surface area contributed by atoms with Crippen LogP contribution in [-0.4, -0.2) is 59.1 Å². The number of halogens is 3. The van der Waals surface area contributed by atoms with Crippen LogP contribution in [0.2, 0.25) is 0 Å². The number of aryl methyl sites for hydroxylation is 1. The van der Waals surface area contributed by atoms with Crippen LogP contribution in [0.1, 0.15) is 12.0 Å². The van der Waals surface area contributed by atoms with Gasteiger partial charge in [0.15, 0.2) is 5.82 Å². The predicted molar refractivity (Wildman–Crippen MR) is 133 cm³/mol. The number of nitrogens with two attached hydrogens (primary N) is 1. The van der Waals surface area contributed by atoms with Gasteiger partial charge in [0.2, 0.25) is 0 Å². The Hall–Kier alpha value is -3.86. The van der Waals surface area contributed by atoms with E-state index in [2.05, 4.69) is 63.9 Å². The molecule has 192 valence electrons. The SMILES string of the molecule is CN(C)c1ccc(CCCOCCn2cnc3c(N)nc4ccccc4c32)cc1.O=C(O)C(F)(F)F. The molecule has 0 aliphatic heterocycles. The number of aliphatic carboxylic acids is 1. The smallest absolute Gasteiger partial charge is 0.475 e. The standard InChI is InChI=1S/C23H27N5O.C2HF3O2/c1-27(2)18-11-9-17(10-12-18)6-5-14-29-15-13-28-16-25-21-22(28)19-7-3-4-8-20(19)26-23(21)24;3-2(4,5)1(6)7/h3-4,7-12,16H,5-6,13-15H2,1-2H3,(H2,24,26);(H,6,7). The molecular formula is C25H28F3N5O3. The molecule has 0 unspecified atom stereocenters. The molecule has 4 rings (SSSR count). The summed E-state index contributed by atoms with van der Waals surface area (Å²) in [6, 6.07) is 16.7. The number of alkyl halides is 3. The molecule has 0 spiro atoms. The van der Waals surface area contributed by atoms with E-state index < -0.39 is 12.1 Å². The number of pyridine rings is 1. The van der Waals surface area contributed by atoms with E-state index in [1.54, 1.807) is 0 Å². The first-order chi connectivity index (χ1) is 17.1. The molecule has 2 heterocycles. The van der Waals surface area contributed by atoms with Crippen LogP contribution < -0.4 is 10.6 Å². The normalized spacial score (nSPS) is 11.4. The van der Waals surface area contributed by atoms with E-state index in [-0.39, 0.29) is 0 Å². The second-order valence-electron chi connectivity index (χ2n) is 8.23. The summed E-state index contributed by atoms with van der Waals surface area (Å²) in [5, 5.41) is 8.19. The molecule has 0 bridgehead atoms. The zero-order chi connectivity index (χ0) is 26.3. The van der Waals surface area contributed by atoms with Crippen molar-refractivity contribution in [3.63, 3.8) is 0 Å². The van der Waals surface area contributed by atoms with Gasteiger partial charge >= 0.3 is 12.1 Å². The number of hydrogen-bond acceptors (Lipinski definition) is 6. The molecule has 0 radical (unpaired) electrons. The average molecular weight is 504 g/mol. The molecule has 0 amide bonds. The second kappa shape index (κ2) is 11.7. The summed E-state index contributed by atoms with van der Waals surface area (Å²) < 4.78 is 39.7. The topological polar surface area (TPSA) is 107 Å². The molecular weight excluding hydrogens is 475 g/mol. The van der Waals surface area contributed by atoms with Crippen LogP contribution in [0.25, 0.3) is 21.9 Å². The summed E-state index contributed by atoms with van der Waals surface area (Å²) in [5.74, 6) is -2.29. The lowest BCUT2D eigenvalue weighted by Crippen LogP contribution is -2.21. The number of anilines is 2. The number of hydrogen-bond donors (Lipinski definition) is 2. The predicted octanol–water partition coefficient (Wildman–Crippen LogP) is 4.52. The van der Waals surface area contributed by atoms with Crippen LogP contribution in [0.5, 0.6) is 0 Å². The summed E-state index contributed by atoms with van der Waals surface area (Å²) in [4.78, 5) is 19.9.